The number of benzene rings is 1. The van der Waals surface area contributed by atoms with E-state index in [1.165, 1.54) is 0 Å². The van der Waals surface area contributed by atoms with Gasteiger partial charge in [-0.3, -0.25) is 15.6 Å². The maximum Gasteiger partial charge on any atom is 0.269 e. The summed E-state index contributed by atoms with van der Waals surface area (Å²) in [5.41, 5.74) is 6.52. The van der Waals surface area contributed by atoms with E-state index in [2.05, 4.69) is 26.8 Å². The molecule has 5 N–H and O–H groups in total. The first-order chi connectivity index (χ1) is 10.8. The van der Waals surface area contributed by atoms with Gasteiger partial charge in [-0.15, -0.1) is 0 Å². The van der Waals surface area contributed by atoms with Gasteiger partial charge in [-0.25, -0.2) is 0 Å². The molecule has 8 heteroatoms. The molecule has 0 spiro atoms. The van der Waals surface area contributed by atoms with Gasteiger partial charge in [0.25, 0.3) is 5.91 Å². The predicted molar refractivity (Wildman–Crippen MR) is 102 cm³/mol. The summed E-state index contributed by atoms with van der Waals surface area (Å²) < 4.78 is 0. The van der Waals surface area contributed by atoms with Crippen molar-refractivity contribution in [3.05, 3.63) is 29.8 Å². The Morgan fingerprint density at radius 2 is 1.39 bits per heavy atom. The molecular formula is C15H23N5OS2. The summed E-state index contributed by atoms with van der Waals surface area (Å²) in [5, 5.41) is 10.0. The number of carbonyl (C=O) groups excluding carboxylic acids is 1. The van der Waals surface area contributed by atoms with E-state index in [-0.39, 0.29) is 18.0 Å². The third kappa shape index (κ3) is 7.75. The molecule has 0 aliphatic carbocycles. The van der Waals surface area contributed by atoms with Crippen LogP contribution in [0.3, 0.4) is 0 Å². The lowest BCUT2D eigenvalue weighted by Crippen LogP contribution is -2.48. The summed E-state index contributed by atoms with van der Waals surface area (Å²) in [7, 11) is 0. The number of anilines is 1. The van der Waals surface area contributed by atoms with E-state index in [0.29, 0.717) is 15.8 Å². The average Bonchev–Trinajstić information content (AvgIpc) is 2.44. The van der Waals surface area contributed by atoms with Gasteiger partial charge >= 0.3 is 0 Å². The van der Waals surface area contributed by atoms with Crippen LogP contribution in [0, 0.1) is 0 Å². The van der Waals surface area contributed by atoms with Gasteiger partial charge in [0, 0.05) is 23.3 Å². The van der Waals surface area contributed by atoms with E-state index < -0.39 is 0 Å². The first-order valence-corrected chi connectivity index (χ1v) is 8.14. The van der Waals surface area contributed by atoms with E-state index in [9.17, 15) is 4.79 Å². The van der Waals surface area contributed by atoms with Crippen LogP contribution in [0.2, 0.25) is 0 Å². The molecule has 23 heavy (non-hydrogen) atoms. The third-order valence-corrected chi connectivity index (χ3v) is 2.97. The molecule has 0 radical (unpaired) electrons. The van der Waals surface area contributed by atoms with Crippen LogP contribution >= 0.6 is 24.4 Å². The van der Waals surface area contributed by atoms with Crippen molar-refractivity contribution in [2.45, 2.75) is 39.8 Å². The van der Waals surface area contributed by atoms with Gasteiger partial charge in [0.15, 0.2) is 10.2 Å². The second-order valence-corrected chi connectivity index (χ2v) is 6.35. The highest BCUT2D eigenvalue weighted by atomic mass is 32.1. The van der Waals surface area contributed by atoms with Crippen LogP contribution in [0.5, 0.6) is 0 Å². The molecule has 0 aliphatic rings. The highest BCUT2D eigenvalue weighted by Gasteiger charge is 2.07. The Kier molecular flexibility index (Phi) is 7.70. The minimum atomic E-state index is -0.271. The SMILES string of the molecule is CC(C)NC(=S)NNC(=O)c1ccc(NC(=S)NC(C)C)cc1. The maximum absolute atomic E-state index is 12.0. The Labute approximate surface area is 147 Å². The van der Waals surface area contributed by atoms with E-state index in [4.69, 9.17) is 24.4 Å². The molecule has 1 amide bonds. The molecule has 0 unspecified atom stereocenters. The molecule has 0 aliphatic heterocycles. The number of hydrazine groups is 1. The van der Waals surface area contributed by atoms with E-state index in [1.54, 1.807) is 24.3 Å². The Bertz CT molecular complexity index is 557. The molecule has 1 aromatic rings. The van der Waals surface area contributed by atoms with Crippen LogP contribution in [0.25, 0.3) is 0 Å². The second kappa shape index (κ2) is 9.26. The Morgan fingerprint density at radius 3 is 1.91 bits per heavy atom. The van der Waals surface area contributed by atoms with Crippen LogP contribution in [0.15, 0.2) is 24.3 Å². The normalized spacial score (nSPS) is 10.2. The minimum Gasteiger partial charge on any atom is -0.360 e. The zero-order valence-electron chi connectivity index (χ0n) is 13.7. The lowest BCUT2D eigenvalue weighted by Gasteiger charge is -2.14. The molecule has 6 nitrogen and oxygen atoms in total. The first kappa shape index (κ1) is 19.1. The first-order valence-electron chi connectivity index (χ1n) is 7.32. The van der Waals surface area contributed by atoms with Crippen molar-refractivity contribution < 1.29 is 4.79 Å². The fraction of sp³-hybridized carbons (Fsp3) is 0.400. The van der Waals surface area contributed by atoms with Crippen molar-refractivity contribution >= 4 is 46.3 Å². The number of rotatable bonds is 4. The largest absolute Gasteiger partial charge is 0.360 e. The molecule has 1 rings (SSSR count). The molecule has 0 aromatic heterocycles. The molecule has 0 saturated carbocycles. The van der Waals surface area contributed by atoms with Crippen LogP contribution in [-0.4, -0.2) is 28.2 Å². The van der Waals surface area contributed by atoms with Gasteiger partial charge in [0.1, 0.15) is 0 Å². The zero-order valence-corrected chi connectivity index (χ0v) is 15.3. The fourth-order valence-corrected chi connectivity index (χ4v) is 2.26. The molecule has 0 bridgehead atoms. The van der Waals surface area contributed by atoms with Crippen LogP contribution in [0.1, 0.15) is 38.1 Å². The number of nitrogens with one attached hydrogen (secondary N) is 5. The fourth-order valence-electron chi connectivity index (χ4n) is 1.62. The minimum absolute atomic E-state index is 0.195. The Hall–Kier alpha value is -1.93. The van der Waals surface area contributed by atoms with Gasteiger partial charge in [-0.1, -0.05) is 0 Å². The van der Waals surface area contributed by atoms with Crippen LogP contribution < -0.4 is 26.8 Å². The number of carbonyl (C=O) groups is 1. The smallest absolute Gasteiger partial charge is 0.269 e. The van der Waals surface area contributed by atoms with Crippen molar-refractivity contribution in [2.75, 3.05) is 5.32 Å². The lowest BCUT2D eigenvalue weighted by atomic mass is 10.2. The standard InChI is InChI=1S/C15H23N5OS2/c1-9(2)16-14(22)18-12-7-5-11(6-8-12)13(21)19-20-15(23)17-10(3)4/h5-10H,1-4H3,(H,19,21)(H2,16,18,22)(H2,17,20,23). The highest BCUT2D eigenvalue weighted by Crippen LogP contribution is 2.09. The lowest BCUT2D eigenvalue weighted by molar-refractivity contribution is 0.0943. The third-order valence-electron chi connectivity index (χ3n) is 2.53. The molecule has 1 aromatic carbocycles. The van der Waals surface area contributed by atoms with E-state index >= 15 is 0 Å². The Balaban J connectivity index is 2.51. The summed E-state index contributed by atoms with van der Waals surface area (Å²) in [5.74, 6) is -0.271. The van der Waals surface area contributed by atoms with E-state index in [0.717, 1.165) is 5.69 Å². The van der Waals surface area contributed by atoms with Crippen molar-refractivity contribution in [2.24, 2.45) is 0 Å². The second-order valence-electron chi connectivity index (χ2n) is 5.54. The molecule has 0 atom stereocenters. The van der Waals surface area contributed by atoms with Crippen molar-refractivity contribution in [1.82, 2.24) is 21.5 Å². The summed E-state index contributed by atoms with van der Waals surface area (Å²) in [6, 6.07) is 7.43. The summed E-state index contributed by atoms with van der Waals surface area (Å²) in [4.78, 5) is 12.0. The molecule has 0 fully saturated rings. The van der Waals surface area contributed by atoms with Gasteiger partial charge < -0.3 is 16.0 Å². The van der Waals surface area contributed by atoms with Gasteiger partial charge in [-0.2, -0.15) is 0 Å². The highest BCUT2D eigenvalue weighted by molar-refractivity contribution is 7.80. The van der Waals surface area contributed by atoms with Crippen molar-refractivity contribution in [1.29, 1.82) is 0 Å². The van der Waals surface area contributed by atoms with Gasteiger partial charge in [-0.05, 0) is 76.4 Å². The topological polar surface area (TPSA) is 77.2 Å². The molecule has 126 valence electrons. The number of thiocarbonyl (C=S) groups is 2. The van der Waals surface area contributed by atoms with Crippen molar-refractivity contribution in [3.8, 4) is 0 Å². The monoisotopic (exact) mass is 353 g/mol. The zero-order chi connectivity index (χ0) is 17.4. The quantitative estimate of drug-likeness (QED) is 0.418. The summed E-state index contributed by atoms with van der Waals surface area (Å²) in [6.07, 6.45) is 0. The van der Waals surface area contributed by atoms with Gasteiger partial charge in [0.05, 0.1) is 0 Å². The molecule has 0 heterocycles. The number of hydrogen-bond acceptors (Lipinski definition) is 3. The molecular weight excluding hydrogens is 330 g/mol. The molecule has 0 saturated heterocycles. The summed E-state index contributed by atoms with van der Waals surface area (Å²) in [6.45, 7) is 7.93. The van der Waals surface area contributed by atoms with E-state index in [1.807, 2.05) is 27.7 Å². The number of amides is 1. The predicted octanol–water partition coefficient (Wildman–Crippen LogP) is 1.90. The number of hydrogen-bond donors (Lipinski definition) is 5. The average molecular weight is 354 g/mol. The Morgan fingerprint density at radius 1 is 0.870 bits per heavy atom. The summed E-state index contributed by atoms with van der Waals surface area (Å²) >= 11 is 10.2. The van der Waals surface area contributed by atoms with Gasteiger partial charge in [0.2, 0.25) is 0 Å². The van der Waals surface area contributed by atoms with Crippen LogP contribution in [0.4, 0.5) is 5.69 Å². The van der Waals surface area contributed by atoms with Crippen LogP contribution in [-0.2, 0) is 0 Å². The maximum atomic E-state index is 12.0. The van der Waals surface area contributed by atoms with Crippen molar-refractivity contribution in [3.63, 3.8) is 0 Å².